The van der Waals surface area contributed by atoms with Crippen molar-refractivity contribution in [2.45, 2.75) is 26.8 Å². The molecule has 3 N–H and O–H groups in total. The maximum Gasteiger partial charge on any atom is 0.257 e. The fourth-order valence-electron chi connectivity index (χ4n) is 1.71. The summed E-state index contributed by atoms with van der Waals surface area (Å²) in [5.41, 5.74) is 9.31. The van der Waals surface area contributed by atoms with Crippen molar-refractivity contribution < 1.29 is 4.79 Å². The number of aromatic nitrogens is 1. The molecule has 0 aliphatic rings. The van der Waals surface area contributed by atoms with Crippen LogP contribution in [0, 0.1) is 13.8 Å². The van der Waals surface area contributed by atoms with Crippen molar-refractivity contribution in [1.82, 2.24) is 4.98 Å². The van der Waals surface area contributed by atoms with Crippen LogP contribution in [0.15, 0.2) is 23.6 Å². The van der Waals surface area contributed by atoms with E-state index in [-0.39, 0.29) is 11.9 Å². The summed E-state index contributed by atoms with van der Waals surface area (Å²) in [7, 11) is 0. The molecular formula is C14H17N3OS. The second-order valence-corrected chi connectivity index (χ2v) is 5.43. The number of hydrogen-bond donors (Lipinski definition) is 2. The van der Waals surface area contributed by atoms with Crippen molar-refractivity contribution in [3.05, 3.63) is 46.0 Å². The summed E-state index contributed by atoms with van der Waals surface area (Å²) in [5.74, 6) is -0.133. The van der Waals surface area contributed by atoms with Gasteiger partial charge in [-0.3, -0.25) is 10.1 Å². The SMILES string of the molecule is Cc1cccc(C(=O)Nc2nc(C(C)N)cs2)c1C. The van der Waals surface area contributed by atoms with Crippen molar-refractivity contribution in [3.63, 3.8) is 0 Å². The van der Waals surface area contributed by atoms with Gasteiger partial charge in [0, 0.05) is 17.0 Å². The predicted molar refractivity (Wildman–Crippen MR) is 78.6 cm³/mol. The van der Waals surface area contributed by atoms with Gasteiger partial charge in [0.15, 0.2) is 5.13 Å². The van der Waals surface area contributed by atoms with Crippen LogP contribution in [0.2, 0.25) is 0 Å². The second-order valence-electron chi connectivity index (χ2n) is 4.57. The van der Waals surface area contributed by atoms with E-state index in [1.807, 2.05) is 44.4 Å². The second kappa shape index (κ2) is 5.50. The number of benzene rings is 1. The Morgan fingerprint density at radius 3 is 2.79 bits per heavy atom. The van der Waals surface area contributed by atoms with Crippen molar-refractivity contribution in [2.24, 2.45) is 5.73 Å². The van der Waals surface area contributed by atoms with Crippen LogP contribution in [0.1, 0.15) is 40.1 Å². The van der Waals surface area contributed by atoms with E-state index in [9.17, 15) is 4.79 Å². The number of carbonyl (C=O) groups is 1. The molecule has 4 nitrogen and oxygen atoms in total. The quantitative estimate of drug-likeness (QED) is 0.904. The highest BCUT2D eigenvalue weighted by molar-refractivity contribution is 7.14. The average Bonchev–Trinajstić information content (AvgIpc) is 2.81. The molecular weight excluding hydrogens is 258 g/mol. The third kappa shape index (κ3) is 3.00. The third-order valence-electron chi connectivity index (χ3n) is 3.06. The molecule has 0 aliphatic heterocycles. The lowest BCUT2D eigenvalue weighted by Crippen LogP contribution is -2.14. The number of amides is 1. The van der Waals surface area contributed by atoms with Crippen molar-refractivity contribution in [3.8, 4) is 0 Å². The van der Waals surface area contributed by atoms with Gasteiger partial charge < -0.3 is 5.73 Å². The molecule has 2 rings (SSSR count). The van der Waals surface area contributed by atoms with Crippen LogP contribution in [0.25, 0.3) is 0 Å². The smallest absolute Gasteiger partial charge is 0.257 e. The Morgan fingerprint density at radius 2 is 2.16 bits per heavy atom. The maximum absolute atomic E-state index is 12.2. The lowest BCUT2D eigenvalue weighted by Gasteiger charge is -2.07. The van der Waals surface area contributed by atoms with Gasteiger partial charge in [0.2, 0.25) is 0 Å². The molecule has 0 saturated heterocycles. The van der Waals surface area contributed by atoms with E-state index < -0.39 is 0 Å². The van der Waals surface area contributed by atoms with Crippen LogP contribution in [-0.2, 0) is 0 Å². The van der Waals surface area contributed by atoms with Gasteiger partial charge >= 0.3 is 0 Å². The summed E-state index contributed by atoms with van der Waals surface area (Å²) < 4.78 is 0. The van der Waals surface area contributed by atoms with Gasteiger partial charge in [-0.15, -0.1) is 11.3 Å². The first-order valence-corrected chi connectivity index (χ1v) is 6.95. The Kier molecular flexibility index (Phi) is 3.97. The Morgan fingerprint density at radius 1 is 1.42 bits per heavy atom. The maximum atomic E-state index is 12.2. The van der Waals surface area contributed by atoms with Crippen LogP contribution in [0.5, 0.6) is 0 Å². The summed E-state index contributed by atoms with van der Waals surface area (Å²) in [6.07, 6.45) is 0. The van der Waals surface area contributed by atoms with Gasteiger partial charge in [-0.2, -0.15) is 0 Å². The molecule has 1 heterocycles. The van der Waals surface area contributed by atoms with Gasteiger partial charge in [-0.1, -0.05) is 12.1 Å². The molecule has 0 saturated carbocycles. The number of hydrogen-bond acceptors (Lipinski definition) is 4. The van der Waals surface area contributed by atoms with Gasteiger partial charge in [0.25, 0.3) is 5.91 Å². The molecule has 2 aromatic rings. The first-order chi connectivity index (χ1) is 8.99. The number of nitrogens with one attached hydrogen (secondary N) is 1. The molecule has 1 aromatic carbocycles. The van der Waals surface area contributed by atoms with Crippen molar-refractivity contribution in [1.29, 1.82) is 0 Å². The Bertz CT molecular complexity index is 604. The normalized spacial score (nSPS) is 12.2. The molecule has 0 spiro atoms. The van der Waals surface area contributed by atoms with E-state index in [1.54, 1.807) is 0 Å². The fraction of sp³-hybridized carbons (Fsp3) is 0.286. The minimum absolute atomic E-state index is 0.123. The zero-order valence-corrected chi connectivity index (χ0v) is 12.0. The van der Waals surface area contributed by atoms with E-state index in [2.05, 4.69) is 10.3 Å². The van der Waals surface area contributed by atoms with Crippen LogP contribution in [0.3, 0.4) is 0 Å². The largest absolute Gasteiger partial charge is 0.323 e. The van der Waals surface area contributed by atoms with Crippen LogP contribution < -0.4 is 11.1 Å². The molecule has 0 radical (unpaired) electrons. The van der Waals surface area contributed by atoms with Gasteiger partial charge in [-0.25, -0.2) is 4.98 Å². The number of rotatable bonds is 3. The van der Waals surface area contributed by atoms with Crippen molar-refractivity contribution >= 4 is 22.4 Å². The van der Waals surface area contributed by atoms with Crippen LogP contribution >= 0.6 is 11.3 Å². The van der Waals surface area contributed by atoms with Crippen LogP contribution in [0.4, 0.5) is 5.13 Å². The number of nitrogens with zero attached hydrogens (tertiary/aromatic N) is 1. The first kappa shape index (κ1) is 13.7. The Balaban J connectivity index is 2.18. The fourth-order valence-corrected chi connectivity index (χ4v) is 2.52. The average molecular weight is 275 g/mol. The monoisotopic (exact) mass is 275 g/mol. The van der Waals surface area contributed by atoms with Crippen LogP contribution in [-0.4, -0.2) is 10.9 Å². The highest BCUT2D eigenvalue weighted by Crippen LogP contribution is 2.21. The summed E-state index contributed by atoms with van der Waals surface area (Å²) in [6, 6.07) is 5.57. The molecule has 0 fully saturated rings. The van der Waals surface area contributed by atoms with Crippen molar-refractivity contribution in [2.75, 3.05) is 5.32 Å². The summed E-state index contributed by atoms with van der Waals surface area (Å²) in [5, 5.41) is 5.26. The topological polar surface area (TPSA) is 68.0 Å². The molecule has 1 unspecified atom stereocenters. The number of thiazole rings is 1. The Hall–Kier alpha value is -1.72. The standard InChI is InChI=1S/C14H17N3OS/c1-8-5-4-6-11(9(8)2)13(18)17-14-16-12(7-19-14)10(3)15/h4-7,10H,15H2,1-3H3,(H,16,17,18). The van der Waals surface area contributed by atoms with Gasteiger partial charge in [-0.05, 0) is 38.0 Å². The molecule has 1 aromatic heterocycles. The molecule has 100 valence electrons. The molecule has 5 heteroatoms. The molecule has 1 atom stereocenters. The van der Waals surface area contributed by atoms with E-state index in [0.29, 0.717) is 10.7 Å². The van der Waals surface area contributed by atoms with Gasteiger partial charge in [0.05, 0.1) is 5.69 Å². The minimum atomic E-state index is -0.133. The third-order valence-corrected chi connectivity index (χ3v) is 3.83. The van der Waals surface area contributed by atoms with E-state index >= 15 is 0 Å². The van der Waals surface area contributed by atoms with E-state index in [4.69, 9.17) is 5.73 Å². The summed E-state index contributed by atoms with van der Waals surface area (Å²) in [6.45, 7) is 5.80. The number of carbonyl (C=O) groups excluding carboxylic acids is 1. The lowest BCUT2D eigenvalue weighted by atomic mass is 10.0. The molecule has 0 bridgehead atoms. The number of aryl methyl sites for hydroxylation is 1. The predicted octanol–water partition coefficient (Wildman–Crippen LogP) is 3.03. The molecule has 1 amide bonds. The highest BCUT2D eigenvalue weighted by Gasteiger charge is 2.13. The zero-order chi connectivity index (χ0) is 14.0. The highest BCUT2D eigenvalue weighted by atomic mass is 32.1. The molecule has 0 aliphatic carbocycles. The van der Waals surface area contributed by atoms with E-state index in [0.717, 1.165) is 16.8 Å². The van der Waals surface area contributed by atoms with Gasteiger partial charge in [0.1, 0.15) is 0 Å². The minimum Gasteiger partial charge on any atom is -0.323 e. The Labute approximate surface area is 116 Å². The number of nitrogens with two attached hydrogens (primary N) is 1. The number of anilines is 1. The molecule has 19 heavy (non-hydrogen) atoms. The zero-order valence-electron chi connectivity index (χ0n) is 11.2. The summed E-state index contributed by atoms with van der Waals surface area (Å²) >= 11 is 1.39. The first-order valence-electron chi connectivity index (χ1n) is 6.07. The van der Waals surface area contributed by atoms with E-state index in [1.165, 1.54) is 11.3 Å². The lowest BCUT2D eigenvalue weighted by molar-refractivity contribution is 0.102. The summed E-state index contributed by atoms with van der Waals surface area (Å²) in [4.78, 5) is 16.5.